The Hall–Kier alpha value is -3.13. The lowest BCUT2D eigenvalue weighted by Crippen LogP contribution is -2.20. The van der Waals surface area contributed by atoms with Gasteiger partial charge in [-0.05, 0) is 37.0 Å². The number of aromatic nitrogens is 3. The van der Waals surface area contributed by atoms with Gasteiger partial charge in [0.2, 0.25) is 0 Å². The number of hydrogen-bond donors (Lipinski definition) is 2. The standard InChI is InChI=1S/C21H18F2N4O2/c22-20(23)15-3-2-14-12(15)1-4-16(19(14)28)18-13-5-7-24-9-17(13)21(27-26-18)25-11-6-8-29-10-11/h1,4-5,7,9,11,28H,2-3,6,8,10H2,(H,25,27)/t11-/m1/s1. The van der Waals surface area contributed by atoms with Crippen LogP contribution in [-0.4, -0.2) is 39.5 Å². The van der Waals surface area contributed by atoms with E-state index in [1.165, 1.54) is 0 Å². The summed E-state index contributed by atoms with van der Waals surface area (Å²) in [5.41, 5.74) is 1.91. The fourth-order valence-electron chi connectivity index (χ4n) is 4.09. The molecule has 6 nitrogen and oxygen atoms in total. The maximum absolute atomic E-state index is 13.1. The van der Waals surface area contributed by atoms with E-state index in [4.69, 9.17) is 4.74 Å². The summed E-state index contributed by atoms with van der Waals surface area (Å²) in [5, 5.41) is 24.4. The largest absolute Gasteiger partial charge is 0.507 e. The average Bonchev–Trinajstić information content (AvgIpc) is 3.39. The molecule has 3 heterocycles. The Balaban J connectivity index is 1.62. The Morgan fingerprint density at radius 2 is 1.97 bits per heavy atom. The van der Waals surface area contributed by atoms with Crippen LogP contribution in [0.15, 0.2) is 36.7 Å². The first kappa shape index (κ1) is 17.9. The number of nitrogens with one attached hydrogen (secondary N) is 1. The Kier molecular flexibility index (Phi) is 4.35. The highest BCUT2D eigenvalue weighted by atomic mass is 19.3. The number of phenols is 1. The molecule has 1 atom stereocenters. The monoisotopic (exact) mass is 396 g/mol. The van der Waals surface area contributed by atoms with Gasteiger partial charge < -0.3 is 15.2 Å². The summed E-state index contributed by atoms with van der Waals surface area (Å²) in [6, 6.07) is 5.23. The van der Waals surface area contributed by atoms with Crippen LogP contribution in [0.5, 0.6) is 5.75 Å². The van der Waals surface area contributed by atoms with Gasteiger partial charge in [-0.15, -0.1) is 10.2 Å². The van der Waals surface area contributed by atoms with Crippen LogP contribution in [0, 0.1) is 0 Å². The first-order chi connectivity index (χ1) is 14.1. The number of nitrogens with zero attached hydrogens (tertiary/aromatic N) is 3. The molecule has 0 spiro atoms. The molecule has 2 aromatic heterocycles. The minimum absolute atomic E-state index is 0.000299. The molecule has 5 rings (SSSR count). The van der Waals surface area contributed by atoms with Crippen molar-refractivity contribution in [1.82, 2.24) is 15.2 Å². The smallest absolute Gasteiger partial charge is 0.274 e. The molecule has 3 aromatic rings. The van der Waals surface area contributed by atoms with Crippen LogP contribution < -0.4 is 5.32 Å². The number of allylic oxidation sites excluding steroid dienone is 1. The van der Waals surface area contributed by atoms with Crippen LogP contribution in [0.3, 0.4) is 0 Å². The zero-order valence-electron chi connectivity index (χ0n) is 15.5. The van der Waals surface area contributed by atoms with E-state index in [1.54, 1.807) is 24.5 Å². The van der Waals surface area contributed by atoms with Crippen molar-refractivity contribution >= 4 is 22.2 Å². The molecule has 1 aromatic carbocycles. The van der Waals surface area contributed by atoms with E-state index in [0.29, 0.717) is 47.8 Å². The van der Waals surface area contributed by atoms with Gasteiger partial charge in [-0.3, -0.25) is 4.98 Å². The van der Waals surface area contributed by atoms with Gasteiger partial charge in [0.05, 0.1) is 12.6 Å². The van der Waals surface area contributed by atoms with Crippen LogP contribution in [-0.2, 0) is 11.2 Å². The molecule has 1 fully saturated rings. The van der Waals surface area contributed by atoms with Crippen LogP contribution in [0.2, 0.25) is 0 Å². The Bertz CT molecular complexity index is 1140. The molecule has 2 N–H and O–H groups in total. The molecule has 29 heavy (non-hydrogen) atoms. The van der Waals surface area contributed by atoms with Crippen LogP contribution >= 0.6 is 0 Å². The number of benzene rings is 1. The molecule has 2 aliphatic rings. The van der Waals surface area contributed by atoms with Crippen molar-refractivity contribution in [3.63, 3.8) is 0 Å². The van der Waals surface area contributed by atoms with Gasteiger partial charge in [0, 0.05) is 46.5 Å². The third kappa shape index (κ3) is 3.00. The molecule has 1 aliphatic heterocycles. The highest BCUT2D eigenvalue weighted by molar-refractivity contribution is 6.01. The highest BCUT2D eigenvalue weighted by Gasteiger charge is 2.26. The molecule has 0 saturated carbocycles. The zero-order chi connectivity index (χ0) is 20.0. The second-order valence-corrected chi connectivity index (χ2v) is 7.25. The first-order valence-electron chi connectivity index (χ1n) is 9.48. The molecule has 0 radical (unpaired) electrons. The molecule has 0 unspecified atom stereocenters. The average molecular weight is 396 g/mol. The molecule has 8 heteroatoms. The number of ether oxygens (including phenoxy) is 1. The lowest BCUT2D eigenvalue weighted by molar-refractivity contribution is 0.195. The Morgan fingerprint density at radius 3 is 2.76 bits per heavy atom. The summed E-state index contributed by atoms with van der Waals surface area (Å²) < 4.78 is 31.7. The maximum atomic E-state index is 13.1. The topological polar surface area (TPSA) is 80.2 Å². The van der Waals surface area contributed by atoms with Gasteiger partial charge in [-0.1, -0.05) is 6.07 Å². The predicted molar refractivity (Wildman–Crippen MR) is 105 cm³/mol. The minimum atomic E-state index is -1.70. The van der Waals surface area contributed by atoms with E-state index in [0.717, 1.165) is 17.2 Å². The molecule has 1 saturated heterocycles. The number of pyridine rings is 1. The van der Waals surface area contributed by atoms with Gasteiger partial charge in [0.25, 0.3) is 6.08 Å². The van der Waals surface area contributed by atoms with E-state index in [1.807, 2.05) is 6.07 Å². The number of fused-ring (bicyclic) bond motifs is 2. The molecule has 148 valence electrons. The lowest BCUT2D eigenvalue weighted by atomic mass is 9.99. The number of hydrogen-bond acceptors (Lipinski definition) is 6. The van der Waals surface area contributed by atoms with Crippen LogP contribution in [0.1, 0.15) is 24.0 Å². The van der Waals surface area contributed by atoms with Gasteiger partial charge >= 0.3 is 0 Å². The maximum Gasteiger partial charge on any atom is 0.274 e. The third-order valence-electron chi connectivity index (χ3n) is 5.57. The summed E-state index contributed by atoms with van der Waals surface area (Å²) in [4.78, 5) is 4.20. The van der Waals surface area contributed by atoms with Crippen molar-refractivity contribution in [2.45, 2.75) is 25.3 Å². The fraction of sp³-hybridized carbons (Fsp3) is 0.286. The second-order valence-electron chi connectivity index (χ2n) is 7.25. The Labute approximate surface area is 165 Å². The summed E-state index contributed by atoms with van der Waals surface area (Å²) in [7, 11) is 0. The quantitative estimate of drug-likeness (QED) is 0.692. The van der Waals surface area contributed by atoms with Crippen molar-refractivity contribution in [3.05, 3.63) is 47.8 Å². The molecule has 0 amide bonds. The summed E-state index contributed by atoms with van der Waals surface area (Å²) >= 11 is 0. The minimum Gasteiger partial charge on any atom is -0.507 e. The van der Waals surface area contributed by atoms with Crippen molar-refractivity contribution in [3.8, 4) is 17.0 Å². The van der Waals surface area contributed by atoms with E-state index in [9.17, 15) is 13.9 Å². The Morgan fingerprint density at radius 1 is 1.10 bits per heavy atom. The molecule has 1 aliphatic carbocycles. The number of rotatable bonds is 3. The lowest BCUT2D eigenvalue weighted by Gasteiger charge is -2.15. The number of phenolic OH excluding ortho intramolecular Hbond substituents is 1. The van der Waals surface area contributed by atoms with Gasteiger partial charge in [-0.2, -0.15) is 8.78 Å². The number of aromatic hydroxyl groups is 1. The molecule has 0 bridgehead atoms. The van der Waals surface area contributed by atoms with E-state index in [-0.39, 0.29) is 23.8 Å². The second kappa shape index (κ2) is 7.04. The fourth-order valence-corrected chi connectivity index (χ4v) is 4.09. The van der Waals surface area contributed by atoms with Crippen molar-refractivity contribution < 1.29 is 18.6 Å². The summed E-state index contributed by atoms with van der Waals surface area (Å²) in [5.74, 6) is 0.591. The van der Waals surface area contributed by atoms with Crippen molar-refractivity contribution in [2.75, 3.05) is 18.5 Å². The molecular formula is C21H18F2N4O2. The van der Waals surface area contributed by atoms with Crippen LogP contribution in [0.4, 0.5) is 14.6 Å². The predicted octanol–water partition coefficient (Wildman–Crippen LogP) is 4.15. The first-order valence-corrected chi connectivity index (χ1v) is 9.48. The normalized spacial score (nSPS) is 18.3. The third-order valence-corrected chi connectivity index (χ3v) is 5.57. The van der Waals surface area contributed by atoms with Gasteiger partial charge in [0.1, 0.15) is 11.4 Å². The summed E-state index contributed by atoms with van der Waals surface area (Å²) in [6.07, 6.45) is 3.14. The highest BCUT2D eigenvalue weighted by Crippen LogP contribution is 2.45. The number of anilines is 1. The molecular weight excluding hydrogens is 378 g/mol. The van der Waals surface area contributed by atoms with Gasteiger partial charge in [0.15, 0.2) is 5.82 Å². The SMILES string of the molecule is Oc1c(-c2nnc(N[C@@H]3CCOC3)c3cnccc23)ccc2c1CCC2=C(F)F. The van der Waals surface area contributed by atoms with Crippen molar-refractivity contribution in [1.29, 1.82) is 0 Å². The van der Waals surface area contributed by atoms with E-state index < -0.39 is 6.08 Å². The summed E-state index contributed by atoms with van der Waals surface area (Å²) in [6.45, 7) is 1.32. The number of halogens is 2. The van der Waals surface area contributed by atoms with E-state index in [2.05, 4.69) is 20.5 Å². The zero-order valence-corrected chi connectivity index (χ0v) is 15.5. The van der Waals surface area contributed by atoms with Crippen molar-refractivity contribution in [2.24, 2.45) is 0 Å². The van der Waals surface area contributed by atoms with E-state index >= 15 is 0 Å². The van der Waals surface area contributed by atoms with Crippen LogP contribution in [0.25, 0.3) is 27.6 Å². The van der Waals surface area contributed by atoms with Gasteiger partial charge in [-0.25, -0.2) is 0 Å².